The van der Waals surface area contributed by atoms with Crippen LogP contribution in [-0.2, 0) is 28.6 Å². The zero-order valence-corrected chi connectivity index (χ0v) is 46.5. The molecule has 0 bridgehead atoms. The van der Waals surface area contributed by atoms with E-state index >= 15 is 0 Å². The van der Waals surface area contributed by atoms with Crippen molar-refractivity contribution in [3.05, 3.63) is 97.2 Å². The van der Waals surface area contributed by atoms with E-state index < -0.39 is 6.10 Å². The molecule has 1 atom stereocenters. The van der Waals surface area contributed by atoms with Crippen molar-refractivity contribution in [2.75, 3.05) is 13.2 Å². The summed E-state index contributed by atoms with van der Waals surface area (Å²) in [6, 6.07) is 0. The van der Waals surface area contributed by atoms with Crippen molar-refractivity contribution in [1.82, 2.24) is 0 Å². The number of ether oxygens (including phenoxy) is 3. The first-order valence-electron chi connectivity index (χ1n) is 29.7. The zero-order chi connectivity index (χ0) is 51.4. The van der Waals surface area contributed by atoms with E-state index in [1.54, 1.807) is 0 Å². The molecule has 0 aliphatic carbocycles. The van der Waals surface area contributed by atoms with E-state index in [2.05, 4.69) is 118 Å². The lowest BCUT2D eigenvalue weighted by molar-refractivity contribution is -0.167. The molecule has 0 spiro atoms. The van der Waals surface area contributed by atoms with Crippen LogP contribution in [0, 0.1) is 0 Å². The maximum atomic E-state index is 12.9. The first-order chi connectivity index (χ1) is 35.0. The molecule has 6 nitrogen and oxygen atoms in total. The van der Waals surface area contributed by atoms with Crippen molar-refractivity contribution in [1.29, 1.82) is 0 Å². The number of allylic oxidation sites excluding steroid dienone is 16. The molecule has 0 radical (unpaired) electrons. The highest BCUT2D eigenvalue weighted by Crippen LogP contribution is 2.14. The number of carbonyl (C=O) groups excluding carboxylic acids is 3. The van der Waals surface area contributed by atoms with Crippen LogP contribution in [-0.4, -0.2) is 37.2 Å². The van der Waals surface area contributed by atoms with Crippen LogP contribution in [0.3, 0.4) is 0 Å². The molecule has 0 aromatic carbocycles. The highest BCUT2D eigenvalue weighted by molar-refractivity contribution is 5.71. The highest BCUT2D eigenvalue weighted by atomic mass is 16.6. The SMILES string of the molecule is CCCCC/C=C/C/C=C/C/C=C/C/C=C/CCCCCC(=O)OC[C@@H](COC(=O)CCCCCCCCC/C=C/C/C=C/CCCCC)OC(=O)CCCCCCCCC/C=C/C/C=C/CCCCC. The Morgan fingerprint density at radius 3 is 0.803 bits per heavy atom. The molecule has 0 heterocycles. The minimum Gasteiger partial charge on any atom is -0.462 e. The molecule has 0 saturated heterocycles. The van der Waals surface area contributed by atoms with Gasteiger partial charge in [0.2, 0.25) is 0 Å². The third-order valence-electron chi connectivity index (χ3n) is 12.5. The first kappa shape index (κ1) is 67.3. The average Bonchev–Trinajstić information content (AvgIpc) is 3.37. The molecular weight excluding hydrogens is 877 g/mol. The number of carbonyl (C=O) groups is 3. The van der Waals surface area contributed by atoms with Gasteiger partial charge in [0.15, 0.2) is 6.10 Å². The molecule has 0 aromatic rings. The van der Waals surface area contributed by atoms with Gasteiger partial charge in [0.1, 0.15) is 13.2 Å². The van der Waals surface area contributed by atoms with Gasteiger partial charge < -0.3 is 14.2 Å². The Kier molecular flexibility index (Phi) is 55.9. The molecule has 0 rings (SSSR count). The van der Waals surface area contributed by atoms with Gasteiger partial charge in [-0.25, -0.2) is 0 Å². The topological polar surface area (TPSA) is 78.9 Å². The van der Waals surface area contributed by atoms with Crippen LogP contribution < -0.4 is 0 Å². The summed E-state index contributed by atoms with van der Waals surface area (Å²) in [7, 11) is 0. The van der Waals surface area contributed by atoms with E-state index in [1.807, 2.05) is 0 Å². The summed E-state index contributed by atoms with van der Waals surface area (Å²) >= 11 is 0. The monoisotopic (exact) mass is 987 g/mol. The van der Waals surface area contributed by atoms with Crippen LogP contribution in [0.5, 0.6) is 0 Å². The first-order valence-corrected chi connectivity index (χ1v) is 29.7. The maximum absolute atomic E-state index is 12.9. The Balaban J connectivity index is 4.48. The zero-order valence-electron chi connectivity index (χ0n) is 46.5. The Hall–Kier alpha value is -3.67. The second-order valence-electron chi connectivity index (χ2n) is 19.5. The van der Waals surface area contributed by atoms with Crippen LogP contribution in [0.4, 0.5) is 0 Å². The summed E-state index contributed by atoms with van der Waals surface area (Å²) in [4.78, 5) is 38.2. The summed E-state index contributed by atoms with van der Waals surface area (Å²) in [6.45, 7) is 6.53. The van der Waals surface area contributed by atoms with Crippen molar-refractivity contribution >= 4 is 17.9 Å². The number of hydrogen-bond donors (Lipinski definition) is 0. The maximum Gasteiger partial charge on any atom is 0.306 e. The molecule has 6 heteroatoms. The Morgan fingerprint density at radius 2 is 0.507 bits per heavy atom. The molecule has 0 saturated carbocycles. The molecule has 0 N–H and O–H groups in total. The van der Waals surface area contributed by atoms with Gasteiger partial charge in [-0.1, -0.05) is 227 Å². The molecule has 0 aliphatic heterocycles. The van der Waals surface area contributed by atoms with Gasteiger partial charge in [-0.3, -0.25) is 14.4 Å². The molecule has 0 amide bonds. The number of unbranched alkanes of at least 4 members (excludes halogenated alkanes) is 26. The van der Waals surface area contributed by atoms with Crippen LogP contribution in [0.15, 0.2) is 97.2 Å². The predicted octanol–water partition coefficient (Wildman–Crippen LogP) is 20.1. The smallest absolute Gasteiger partial charge is 0.306 e. The number of rotatable bonds is 53. The van der Waals surface area contributed by atoms with Crippen LogP contribution >= 0.6 is 0 Å². The summed E-state index contributed by atoms with van der Waals surface area (Å²) in [5.74, 6) is -0.938. The van der Waals surface area contributed by atoms with Crippen molar-refractivity contribution in [2.24, 2.45) is 0 Å². The quantitative estimate of drug-likeness (QED) is 0.0261. The fourth-order valence-corrected chi connectivity index (χ4v) is 8.01. The minimum absolute atomic E-state index is 0.0957. The Labute approximate surface area is 438 Å². The third-order valence-corrected chi connectivity index (χ3v) is 12.5. The van der Waals surface area contributed by atoms with Crippen molar-refractivity contribution < 1.29 is 28.6 Å². The molecule has 406 valence electrons. The van der Waals surface area contributed by atoms with E-state index in [-0.39, 0.29) is 31.1 Å². The lowest BCUT2D eigenvalue weighted by Crippen LogP contribution is -2.30. The normalized spacial score (nSPS) is 12.8. The number of hydrogen-bond acceptors (Lipinski definition) is 6. The summed E-state index contributed by atoms with van der Waals surface area (Å²) in [5, 5.41) is 0. The molecule has 0 unspecified atom stereocenters. The van der Waals surface area contributed by atoms with Crippen LogP contribution in [0.2, 0.25) is 0 Å². The molecular formula is C65H110O6. The van der Waals surface area contributed by atoms with Gasteiger partial charge >= 0.3 is 17.9 Å². The Bertz CT molecular complexity index is 1410. The molecule has 0 fully saturated rings. The molecule has 0 aliphatic rings. The lowest BCUT2D eigenvalue weighted by atomic mass is 10.1. The number of esters is 3. The van der Waals surface area contributed by atoms with E-state index in [0.717, 1.165) is 109 Å². The van der Waals surface area contributed by atoms with Crippen molar-refractivity contribution in [2.45, 2.75) is 284 Å². The summed E-state index contributed by atoms with van der Waals surface area (Å²) in [5.41, 5.74) is 0. The fraction of sp³-hybridized carbons (Fsp3) is 0.708. The summed E-state index contributed by atoms with van der Waals surface area (Å²) < 4.78 is 16.9. The second-order valence-corrected chi connectivity index (χ2v) is 19.5. The van der Waals surface area contributed by atoms with Crippen LogP contribution in [0.1, 0.15) is 278 Å². The van der Waals surface area contributed by atoms with Gasteiger partial charge in [0.05, 0.1) is 0 Å². The second kappa shape index (κ2) is 58.9. The molecule has 0 aromatic heterocycles. The van der Waals surface area contributed by atoms with E-state index in [0.29, 0.717) is 19.3 Å². The minimum atomic E-state index is -0.800. The summed E-state index contributed by atoms with van der Waals surface area (Å²) in [6.07, 6.45) is 78.2. The van der Waals surface area contributed by atoms with E-state index in [1.165, 1.54) is 128 Å². The lowest BCUT2D eigenvalue weighted by Gasteiger charge is -2.18. The fourth-order valence-electron chi connectivity index (χ4n) is 8.01. The highest BCUT2D eigenvalue weighted by Gasteiger charge is 2.19. The van der Waals surface area contributed by atoms with E-state index in [9.17, 15) is 14.4 Å². The van der Waals surface area contributed by atoms with Crippen molar-refractivity contribution in [3.63, 3.8) is 0 Å². The van der Waals surface area contributed by atoms with Crippen molar-refractivity contribution in [3.8, 4) is 0 Å². The molecule has 71 heavy (non-hydrogen) atoms. The van der Waals surface area contributed by atoms with Gasteiger partial charge in [-0.05, 0) is 128 Å². The van der Waals surface area contributed by atoms with E-state index in [4.69, 9.17) is 14.2 Å². The van der Waals surface area contributed by atoms with Gasteiger partial charge in [0.25, 0.3) is 0 Å². The van der Waals surface area contributed by atoms with Gasteiger partial charge in [-0.15, -0.1) is 0 Å². The Morgan fingerprint density at radius 1 is 0.282 bits per heavy atom. The standard InChI is InChI=1S/C65H110O6/c1-4-7-10-13-16-19-22-25-28-31-32-35-37-40-43-46-49-52-55-58-64(67)70-61-62(71-65(68)59-56-53-50-47-44-41-38-34-30-27-24-21-18-15-12-9-6-3)60-69-63(66)57-54-51-48-45-42-39-36-33-29-26-23-20-17-14-11-8-5-2/h16-21,25-30,32,35,40,43,62H,4-15,22-24,31,33-34,36-39,41-42,44-61H2,1-3H3/b19-16+,20-17+,21-18+,28-25+,29-26+,30-27+,35-32+,43-40+/t62-/m1/s1. The average molecular weight is 988 g/mol. The largest absolute Gasteiger partial charge is 0.462 e. The predicted molar refractivity (Wildman–Crippen MR) is 307 cm³/mol. The van der Waals surface area contributed by atoms with Crippen LogP contribution in [0.25, 0.3) is 0 Å². The van der Waals surface area contributed by atoms with Gasteiger partial charge in [0, 0.05) is 19.3 Å². The van der Waals surface area contributed by atoms with Gasteiger partial charge in [-0.2, -0.15) is 0 Å². The third kappa shape index (κ3) is 57.1.